The topological polar surface area (TPSA) is 125 Å². The number of rotatable bonds is 11. The van der Waals surface area contributed by atoms with Crippen LogP contribution in [0.3, 0.4) is 0 Å². The lowest BCUT2D eigenvalue weighted by Crippen LogP contribution is -2.29. The monoisotopic (exact) mass is 683 g/mol. The second kappa shape index (κ2) is 15.3. The molecule has 1 aliphatic rings. The molecule has 1 aliphatic heterocycles. The van der Waals surface area contributed by atoms with Gasteiger partial charge in [-0.1, -0.05) is 29.5 Å². The summed E-state index contributed by atoms with van der Waals surface area (Å²) in [6.07, 6.45) is 3.93. The molecule has 258 valence electrons. The second-order valence-electron chi connectivity index (χ2n) is 12.1. The van der Waals surface area contributed by atoms with Crippen molar-refractivity contribution in [1.29, 1.82) is 0 Å². The van der Waals surface area contributed by atoms with Gasteiger partial charge in [-0.3, -0.25) is 14.6 Å². The van der Waals surface area contributed by atoms with E-state index in [9.17, 15) is 27.9 Å². The van der Waals surface area contributed by atoms with E-state index in [1.54, 1.807) is 41.3 Å². The van der Waals surface area contributed by atoms with Crippen LogP contribution in [0.5, 0.6) is 0 Å². The smallest absolute Gasteiger partial charge is 0.396 e. The maximum Gasteiger partial charge on any atom is 0.416 e. The first-order valence-corrected chi connectivity index (χ1v) is 16.4. The predicted octanol–water partition coefficient (Wildman–Crippen LogP) is 6.11. The summed E-state index contributed by atoms with van der Waals surface area (Å²) in [4.78, 5) is 33.8. The van der Waals surface area contributed by atoms with E-state index in [0.29, 0.717) is 46.6 Å². The molecule has 6 rings (SSSR count). The zero-order valence-electron chi connectivity index (χ0n) is 27.2. The Balaban J connectivity index is 1.27. The van der Waals surface area contributed by atoms with Crippen molar-refractivity contribution in [2.45, 2.75) is 44.9 Å². The Bertz CT molecular complexity index is 1970. The molecule has 0 aliphatic carbocycles. The number of aromatic nitrogens is 4. The molecule has 1 saturated heterocycles. The van der Waals surface area contributed by atoms with E-state index in [4.69, 9.17) is 0 Å². The van der Waals surface area contributed by atoms with Crippen LogP contribution in [0, 0.1) is 0 Å². The zero-order chi connectivity index (χ0) is 35.1. The van der Waals surface area contributed by atoms with Gasteiger partial charge in [0.2, 0.25) is 0 Å². The summed E-state index contributed by atoms with van der Waals surface area (Å²) in [5.74, 6) is -0.860. The molecule has 0 spiro atoms. The molecule has 3 N–H and O–H groups in total. The summed E-state index contributed by atoms with van der Waals surface area (Å²) in [6, 6.07) is 19.2. The fraction of sp³-hybridized carbons (Fsp3) is 0.270. The first-order chi connectivity index (χ1) is 24.2. The van der Waals surface area contributed by atoms with Gasteiger partial charge in [-0.25, -0.2) is 4.68 Å². The molecule has 2 amide bonds. The van der Waals surface area contributed by atoms with Crippen LogP contribution in [-0.2, 0) is 25.7 Å². The lowest BCUT2D eigenvalue weighted by molar-refractivity contribution is -0.137. The summed E-state index contributed by atoms with van der Waals surface area (Å²) in [5, 5.41) is 23.1. The Kier molecular flexibility index (Phi) is 10.5. The number of aliphatic hydroxyl groups is 1. The van der Waals surface area contributed by atoms with Crippen LogP contribution in [0.4, 0.5) is 24.5 Å². The van der Waals surface area contributed by atoms with Crippen LogP contribution in [0.25, 0.3) is 11.1 Å². The normalized spacial score (nSPS) is 13.2. The van der Waals surface area contributed by atoms with Crippen LogP contribution >= 0.6 is 0 Å². The van der Waals surface area contributed by atoms with Crippen LogP contribution in [0.15, 0.2) is 91.4 Å². The second-order valence-corrected chi connectivity index (χ2v) is 12.1. The quantitative estimate of drug-likeness (QED) is 0.153. The molecule has 13 heteroatoms. The SMILES string of the molecule is O=C(Nc1ccc(N2CCCCC2)cc1-c1cnccc1C(=O)NCc1cccc(C(F)(F)F)c1)c1cccc(Cn2cc(CCO)nn2)c1. The Hall–Kier alpha value is -5.56. The van der Waals surface area contributed by atoms with Crippen molar-refractivity contribution >= 4 is 23.2 Å². The number of anilines is 2. The van der Waals surface area contributed by atoms with Crippen molar-refractivity contribution in [3.8, 4) is 11.1 Å². The van der Waals surface area contributed by atoms with Crippen molar-refractivity contribution in [3.63, 3.8) is 0 Å². The van der Waals surface area contributed by atoms with Gasteiger partial charge >= 0.3 is 6.18 Å². The number of carbonyl (C=O) groups excluding carboxylic acids is 2. The number of halogens is 3. The van der Waals surface area contributed by atoms with E-state index in [1.807, 2.05) is 24.3 Å². The number of benzene rings is 3. The molecule has 3 aromatic carbocycles. The van der Waals surface area contributed by atoms with Crippen LogP contribution < -0.4 is 15.5 Å². The molecule has 2 aromatic heterocycles. The van der Waals surface area contributed by atoms with Gasteiger partial charge in [0.1, 0.15) is 0 Å². The van der Waals surface area contributed by atoms with Crippen molar-refractivity contribution in [2.75, 3.05) is 29.9 Å². The van der Waals surface area contributed by atoms with Crippen LogP contribution in [-0.4, -0.2) is 56.6 Å². The largest absolute Gasteiger partial charge is 0.416 e. The standard InChI is InChI=1S/C37H36F3N7O3/c38-37(39,40)28-9-5-6-25(19-28)21-42-36(50)31-12-14-41-22-33(31)32-20-30(46-15-2-1-3-16-46)10-11-34(32)43-35(49)27-8-4-7-26(18-27)23-47-24-29(13-17-48)44-45-47/h4-12,14,18-20,22,24,48H,1-3,13,15-17,21,23H2,(H,42,50)(H,43,49). The Labute approximate surface area is 287 Å². The van der Waals surface area contributed by atoms with Gasteiger partial charge in [0.15, 0.2) is 0 Å². The first-order valence-electron chi connectivity index (χ1n) is 16.4. The molecule has 0 saturated carbocycles. The maximum atomic E-state index is 13.7. The van der Waals surface area contributed by atoms with E-state index in [1.165, 1.54) is 18.3 Å². The van der Waals surface area contributed by atoms with Crippen molar-refractivity contribution in [2.24, 2.45) is 0 Å². The number of piperidine rings is 1. The minimum atomic E-state index is -4.50. The highest BCUT2D eigenvalue weighted by molar-refractivity contribution is 6.08. The van der Waals surface area contributed by atoms with E-state index in [0.717, 1.165) is 55.7 Å². The number of alkyl halides is 3. The third-order valence-electron chi connectivity index (χ3n) is 8.52. The van der Waals surface area contributed by atoms with Gasteiger partial charge < -0.3 is 20.6 Å². The number of nitrogens with zero attached hydrogens (tertiary/aromatic N) is 5. The average Bonchev–Trinajstić information content (AvgIpc) is 3.57. The summed E-state index contributed by atoms with van der Waals surface area (Å²) in [7, 11) is 0. The van der Waals surface area contributed by atoms with Crippen LogP contribution in [0.2, 0.25) is 0 Å². The number of pyridine rings is 1. The summed E-state index contributed by atoms with van der Waals surface area (Å²) in [5.41, 5.74) is 4.12. The minimum absolute atomic E-state index is 0.0274. The van der Waals surface area contributed by atoms with Crippen LogP contribution in [0.1, 0.15) is 62.4 Å². The van der Waals surface area contributed by atoms with Crippen molar-refractivity contribution in [3.05, 3.63) is 125 Å². The molecule has 50 heavy (non-hydrogen) atoms. The third kappa shape index (κ3) is 8.35. The lowest BCUT2D eigenvalue weighted by atomic mass is 9.97. The zero-order valence-corrected chi connectivity index (χ0v) is 27.2. The number of amides is 2. The summed E-state index contributed by atoms with van der Waals surface area (Å²) in [6.45, 7) is 1.99. The third-order valence-corrected chi connectivity index (χ3v) is 8.52. The number of hydrogen-bond donors (Lipinski definition) is 3. The first kappa shape index (κ1) is 34.3. The number of aliphatic hydroxyl groups excluding tert-OH is 1. The van der Waals surface area contributed by atoms with Crippen molar-refractivity contribution < 1.29 is 27.9 Å². The summed E-state index contributed by atoms with van der Waals surface area (Å²) < 4.78 is 41.4. The highest BCUT2D eigenvalue weighted by atomic mass is 19.4. The average molecular weight is 684 g/mol. The van der Waals surface area contributed by atoms with Crippen molar-refractivity contribution in [1.82, 2.24) is 25.3 Å². The number of carbonyl (C=O) groups is 2. The predicted molar refractivity (Wildman–Crippen MR) is 183 cm³/mol. The minimum Gasteiger partial charge on any atom is -0.396 e. The fourth-order valence-corrected chi connectivity index (χ4v) is 5.99. The van der Waals surface area contributed by atoms with E-state index in [2.05, 4.69) is 30.8 Å². The molecule has 3 heterocycles. The molecule has 0 unspecified atom stereocenters. The molecule has 5 aromatic rings. The maximum absolute atomic E-state index is 13.7. The summed E-state index contributed by atoms with van der Waals surface area (Å²) >= 11 is 0. The van der Waals surface area contributed by atoms with Gasteiger partial charge in [0.25, 0.3) is 11.8 Å². The van der Waals surface area contributed by atoms with Gasteiger partial charge in [0.05, 0.1) is 23.4 Å². The lowest BCUT2D eigenvalue weighted by Gasteiger charge is -2.29. The highest BCUT2D eigenvalue weighted by Crippen LogP contribution is 2.35. The van der Waals surface area contributed by atoms with Gasteiger partial charge in [-0.2, -0.15) is 13.2 Å². The molecule has 0 bridgehead atoms. The molecule has 1 fully saturated rings. The van der Waals surface area contributed by atoms with Gasteiger partial charge in [-0.15, -0.1) is 5.10 Å². The fourth-order valence-electron chi connectivity index (χ4n) is 5.99. The Morgan fingerprint density at radius 3 is 2.48 bits per heavy atom. The molecule has 0 atom stereocenters. The van der Waals surface area contributed by atoms with E-state index < -0.39 is 17.6 Å². The molecular formula is C37H36F3N7O3. The van der Waals surface area contributed by atoms with Gasteiger partial charge in [0, 0.05) is 79.3 Å². The Morgan fingerprint density at radius 1 is 0.880 bits per heavy atom. The molecular weight excluding hydrogens is 647 g/mol. The highest BCUT2D eigenvalue weighted by Gasteiger charge is 2.30. The number of nitrogens with one attached hydrogen (secondary N) is 2. The number of hydrogen-bond acceptors (Lipinski definition) is 7. The van der Waals surface area contributed by atoms with E-state index >= 15 is 0 Å². The molecule has 10 nitrogen and oxygen atoms in total. The molecule has 0 radical (unpaired) electrons. The van der Waals surface area contributed by atoms with E-state index in [-0.39, 0.29) is 24.6 Å². The Morgan fingerprint density at radius 2 is 1.68 bits per heavy atom. The van der Waals surface area contributed by atoms with Gasteiger partial charge in [-0.05, 0) is 78.9 Å².